The van der Waals surface area contributed by atoms with Crippen LogP contribution in [0.15, 0.2) is 12.1 Å². The average Bonchev–Trinajstić information content (AvgIpc) is 2.55. The molecule has 0 bridgehead atoms. The second-order valence-electron chi connectivity index (χ2n) is 5.56. The molecule has 0 amide bonds. The molecule has 0 spiro atoms. The Morgan fingerprint density at radius 1 is 1.28 bits per heavy atom. The van der Waals surface area contributed by atoms with Gasteiger partial charge in [0.2, 0.25) is 0 Å². The van der Waals surface area contributed by atoms with E-state index in [1.807, 2.05) is 20.8 Å². The van der Waals surface area contributed by atoms with Gasteiger partial charge in [0.1, 0.15) is 17.2 Å². The second-order valence-corrected chi connectivity index (χ2v) is 5.83. The predicted octanol–water partition coefficient (Wildman–Crippen LogP) is 4.10. The molecule has 0 saturated carbocycles. The normalized spacial score (nSPS) is 12.3. The Kier molecular flexibility index (Phi) is 3.32. The maximum absolute atomic E-state index is 13.7. The molecule has 0 fully saturated rings. The van der Waals surface area contributed by atoms with Crippen LogP contribution in [0.2, 0.25) is 0 Å². The lowest BCUT2D eigenvalue weighted by molar-refractivity contribution is 0.344. The first kappa shape index (κ1) is 13.3. The van der Waals surface area contributed by atoms with Crippen molar-refractivity contribution in [3.63, 3.8) is 0 Å². The summed E-state index contributed by atoms with van der Waals surface area (Å²) < 4.78 is 28.7. The Morgan fingerprint density at radius 2 is 1.94 bits per heavy atom. The molecule has 0 atom stereocenters. The van der Waals surface area contributed by atoms with Crippen molar-refractivity contribution in [1.29, 1.82) is 0 Å². The van der Waals surface area contributed by atoms with E-state index in [0.29, 0.717) is 17.9 Å². The van der Waals surface area contributed by atoms with Crippen molar-refractivity contribution in [3.05, 3.63) is 29.6 Å². The highest BCUT2D eigenvalue weighted by molar-refractivity contribution is 6.16. The van der Waals surface area contributed by atoms with Crippen LogP contribution in [-0.2, 0) is 12.4 Å². The number of aromatic nitrogens is 2. The Balaban J connectivity index is 2.68. The highest BCUT2D eigenvalue weighted by atomic mass is 35.5. The van der Waals surface area contributed by atoms with Crippen LogP contribution in [0.4, 0.5) is 8.78 Å². The number of imidazole rings is 1. The Bertz CT molecular complexity index is 585. The monoisotopic (exact) mass is 272 g/mol. The van der Waals surface area contributed by atoms with Gasteiger partial charge in [-0.2, -0.15) is 0 Å². The van der Waals surface area contributed by atoms with Gasteiger partial charge in [0.25, 0.3) is 0 Å². The summed E-state index contributed by atoms with van der Waals surface area (Å²) in [6.45, 7) is 6.75. The third-order valence-corrected chi connectivity index (χ3v) is 2.84. The third kappa shape index (κ3) is 2.48. The fourth-order valence-electron chi connectivity index (χ4n) is 1.95. The molecule has 98 valence electrons. The molecule has 1 heterocycles. The third-order valence-electron chi connectivity index (χ3n) is 2.60. The first-order valence-corrected chi connectivity index (χ1v) is 6.25. The molecule has 0 aliphatic carbocycles. The van der Waals surface area contributed by atoms with Gasteiger partial charge in [0, 0.05) is 12.6 Å². The number of hydrogen-bond acceptors (Lipinski definition) is 1. The van der Waals surface area contributed by atoms with Crippen molar-refractivity contribution in [1.82, 2.24) is 9.55 Å². The van der Waals surface area contributed by atoms with Gasteiger partial charge < -0.3 is 4.57 Å². The van der Waals surface area contributed by atoms with E-state index in [1.54, 1.807) is 4.57 Å². The van der Waals surface area contributed by atoms with E-state index in [1.165, 1.54) is 6.07 Å². The van der Waals surface area contributed by atoms with Gasteiger partial charge in [-0.05, 0) is 11.5 Å². The van der Waals surface area contributed by atoms with Gasteiger partial charge in [-0.15, -0.1) is 11.6 Å². The molecule has 0 saturated heterocycles. The van der Waals surface area contributed by atoms with Crippen molar-refractivity contribution < 1.29 is 8.78 Å². The fourth-order valence-corrected chi connectivity index (χ4v) is 2.15. The molecule has 2 nitrogen and oxygen atoms in total. The van der Waals surface area contributed by atoms with E-state index in [4.69, 9.17) is 11.6 Å². The van der Waals surface area contributed by atoms with E-state index in [2.05, 4.69) is 4.98 Å². The number of alkyl halides is 1. The quantitative estimate of drug-likeness (QED) is 0.753. The molecular weight excluding hydrogens is 258 g/mol. The molecule has 5 heteroatoms. The fraction of sp³-hybridized carbons (Fsp3) is 0.462. The summed E-state index contributed by atoms with van der Waals surface area (Å²) in [5.41, 5.74) is 0.603. The maximum atomic E-state index is 13.7. The van der Waals surface area contributed by atoms with E-state index in [9.17, 15) is 8.78 Å². The number of nitrogens with zero attached hydrogens (tertiary/aromatic N) is 2. The lowest BCUT2D eigenvalue weighted by Crippen LogP contribution is -2.17. The highest BCUT2D eigenvalue weighted by Gasteiger charge is 2.19. The standard InChI is InChI=1S/C13H15ClF2N2/c1-13(2,3)7-18-10-5-8(15)4-9(16)12(10)17-11(18)6-14/h4-5H,6-7H2,1-3H3. The van der Waals surface area contributed by atoms with Crippen molar-refractivity contribution in [2.45, 2.75) is 33.2 Å². The van der Waals surface area contributed by atoms with Crippen molar-refractivity contribution in [2.75, 3.05) is 0 Å². The Labute approximate surface area is 110 Å². The highest BCUT2D eigenvalue weighted by Crippen LogP contribution is 2.26. The summed E-state index contributed by atoms with van der Waals surface area (Å²) in [5.74, 6) is -0.516. The zero-order valence-electron chi connectivity index (χ0n) is 10.6. The van der Waals surface area contributed by atoms with Crippen molar-refractivity contribution in [2.24, 2.45) is 5.41 Å². The molecule has 2 rings (SSSR count). The zero-order valence-corrected chi connectivity index (χ0v) is 11.4. The summed E-state index contributed by atoms with van der Waals surface area (Å²) in [4.78, 5) is 4.15. The Morgan fingerprint density at radius 3 is 2.50 bits per heavy atom. The molecule has 0 aliphatic heterocycles. The van der Waals surface area contributed by atoms with Gasteiger partial charge in [0.05, 0.1) is 11.4 Å². The molecule has 0 aliphatic rings. The number of hydrogen-bond donors (Lipinski definition) is 0. The number of benzene rings is 1. The molecule has 0 N–H and O–H groups in total. The molecule has 1 aromatic carbocycles. The van der Waals surface area contributed by atoms with E-state index in [0.717, 1.165) is 6.07 Å². The van der Waals surface area contributed by atoms with Crippen LogP contribution in [0, 0.1) is 17.0 Å². The van der Waals surface area contributed by atoms with E-state index < -0.39 is 11.6 Å². The van der Waals surface area contributed by atoms with Crippen LogP contribution >= 0.6 is 11.6 Å². The van der Waals surface area contributed by atoms with E-state index in [-0.39, 0.29) is 16.8 Å². The van der Waals surface area contributed by atoms with Crippen LogP contribution < -0.4 is 0 Å². The molecule has 2 aromatic rings. The average molecular weight is 273 g/mol. The van der Waals surface area contributed by atoms with Crippen LogP contribution in [0.1, 0.15) is 26.6 Å². The van der Waals surface area contributed by atoms with Gasteiger partial charge in [-0.3, -0.25) is 0 Å². The molecule has 0 unspecified atom stereocenters. The van der Waals surface area contributed by atoms with Crippen LogP contribution in [0.3, 0.4) is 0 Å². The SMILES string of the molecule is CC(C)(C)Cn1c(CCl)nc2c(F)cc(F)cc21. The van der Waals surface area contributed by atoms with Gasteiger partial charge >= 0.3 is 0 Å². The summed E-state index contributed by atoms with van der Waals surface area (Å²) in [6, 6.07) is 2.14. The van der Waals surface area contributed by atoms with Crippen molar-refractivity contribution in [3.8, 4) is 0 Å². The first-order chi connectivity index (χ1) is 8.31. The maximum Gasteiger partial charge on any atom is 0.153 e. The van der Waals surface area contributed by atoms with Gasteiger partial charge in [0.15, 0.2) is 5.82 Å². The second kappa shape index (κ2) is 4.50. The summed E-state index contributed by atoms with van der Waals surface area (Å²) in [5, 5.41) is 0. The topological polar surface area (TPSA) is 17.8 Å². The van der Waals surface area contributed by atoms with E-state index >= 15 is 0 Å². The van der Waals surface area contributed by atoms with Crippen LogP contribution in [0.25, 0.3) is 11.0 Å². The predicted molar refractivity (Wildman–Crippen MR) is 68.7 cm³/mol. The van der Waals surface area contributed by atoms with Crippen LogP contribution in [-0.4, -0.2) is 9.55 Å². The van der Waals surface area contributed by atoms with Crippen molar-refractivity contribution >= 4 is 22.6 Å². The minimum absolute atomic E-state index is 0.0305. The minimum Gasteiger partial charge on any atom is -0.326 e. The number of rotatable bonds is 2. The zero-order chi connectivity index (χ0) is 13.5. The number of halogens is 3. The van der Waals surface area contributed by atoms with Gasteiger partial charge in [-0.25, -0.2) is 13.8 Å². The molecule has 1 aromatic heterocycles. The molecule has 18 heavy (non-hydrogen) atoms. The van der Waals surface area contributed by atoms with Gasteiger partial charge in [-0.1, -0.05) is 20.8 Å². The largest absolute Gasteiger partial charge is 0.326 e. The summed E-state index contributed by atoms with van der Waals surface area (Å²) >= 11 is 5.82. The molecular formula is C13H15ClF2N2. The summed E-state index contributed by atoms with van der Waals surface area (Å²) in [6.07, 6.45) is 0. The summed E-state index contributed by atoms with van der Waals surface area (Å²) in [7, 11) is 0. The lowest BCUT2D eigenvalue weighted by Gasteiger charge is -2.20. The lowest BCUT2D eigenvalue weighted by atomic mass is 9.97. The van der Waals surface area contributed by atoms with Crippen LogP contribution in [0.5, 0.6) is 0 Å². The Hall–Kier alpha value is -1.16. The smallest absolute Gasteiger partial charge is 0.153 e. The number of fused-ring (bicyclic) bond motifs is 1. The first-order valence-electron chi connectivity index (χ1n) is 5.72. The minimum atomic E-state index is -0.649. The molecule has 0 radical (unpaired) electrons.